The van der Waals surface area contributed by atoms with Crippen LogP contribution < -0.4 is 9.57 Å². The van der Waals surface area contributed by atoms with E-state index in [9.17, 15) is 12.8 Å². The molecule has 7 heteroatoms. The lowest BCUT2D eigenvalue weighted by atomic mass is 10.0. The van der Waals surface area contributed by atoms with Crippen molar-refractivity contribution in [2.75, 3.05) is 0 Å². The Balaban J connectivity index is 1.62. The number of hydrogen-bond acceptors (Lipinski definition) is 4. The van der Waals surface area contributed by atoms with Crippen molar-refractivity contribution in [2.24, 2.45) is 5.10 Å². The number of fused-ring (bicyclic) bond motifs is 1. The normalized spacial score (nSPS) is 11.6. The summed E-state index contributed by atoms with van der Waals surface area (Å²) in [5, 5.41) is 5.80. The molecule has 0 spiro atoms. The average Bonchev–Trinajstić information content (AvgIpc) is 2.80. The first kappa shape index (κ1) is 20.6. The van der Waals surface area contributed by atoms with Gasteiger partial charge in [-0.25, -0.2) is 9.22 Å². The van der Waals surface area contributed by atoms with Gasteiger partial charge in [0.15, 0.2) is 0 Å². The van der Waals surface area contributed by atoms with Gasteiger partial charge in [-0.2, -0.15) is 13.5 Å². The van der Waals surface area contributed by atoms with E-state index in [-0.39, 0.29) is 17.3 Å². The Kier molecular flexibility index (Phi) is 5.95. The molecule has 0 radical (unpaired) electrons. The second-order valence-electron chi connectivity index (χ2n) is 6.78. The first-order valence-corrected chi connectivity index (χ1v) is 11.0. The summed E-state index contributed by atoms with van der Waals surface area (Å²) in [5.74, 6) is 0.221. The highest BCUT2D eigenvalue weighted by Gasteiger charge is 2.12. The Morgan fingerprint density at radius 2 is 1.58 bits per heavy atom. The zero-order valence-electron chi connectivity index (χ0n) is 16.4. The molecule has 0 bridgehead atoms. The van der Waals surface area contributed by atoms with E-state index < -0.39 is 10.0 Å². The minimum absolute atomic E-state index is 0.123. The predicted octanol–water partition coefficient (Wildman–Crippen LogP) is 4.87. The van der Waals surface area contributed by atoms with E-state index in [1.165, 1.54) is 30.5 Å². The number of benzene rings is 4. The molecule has 0 atom stereocenters. The van der Waals surface area contributed by atoms with E-state index in [4.69, 9.17) is 4.74 Å². The molecule has 0 aliphatic heterocycles. The van der Waals surface area contributed by atoms with Crippen LogP contribution in [0.15, 0.2) is 101 Å². The molecule has 4 aromatic carbocycles. The van der Waals surface area contributed by atoms with E-state index in [1.54, 1.807) is 36.4 Å². The zero-order valence-corrected chi connectivity index (χ0v) is 17.2. The summed E-state index contributed by atoms with van der Waals surface area (Å²) in [4.78, 5) is 2.36. The van der Waals surface area contributed by atoms with Crippen LogP contribution >= 0.6 is 0 Å². The maximum Gasteiger partial charge on any atom is 0.276 e. The quantitative estimate of drug-likeness (QED) is 0.333. The molecule has 0 saturated heterocycles. The van der Waals surface area contributed by atoms with Gasteiger partial charge in [0.25, 0.3) is 10.0 Å². The molecular formula is C24H19FN2O3S. The highest BCUT2D eigenvalue weighted by molar-refractivity contribution is 7.89. The number of rotatable bonds is 7. The van der Waals surface area contributed by atoms with E-state index in [0.29, 0.717) is 11.3 Å². The van der Waals surface area contributed by atoms with E-state index in [0.717, 1.165) is 16.3 Å². The summed E-state index contributed by atoms with van der Waals surface area (Å²) in [5.41, 5.74) is 1.44. The van der Waals surface area contributed by atoms with E-state index in [2.05, 4.69) is 9.93 Å². The van der Waals surface area contributed by atoms with Gasteiger partial charge in [-0.15, -0.1) is 0 Å². The summed E-state index contributed by atoms with van der Waals surface area (Å²) in [6.07, 6.45) is 1.43. The fourth-order valence-corrected chi connectivity index (χ4v) is 3.90. The predicted molar refractivity (Wildman–Crippen MR) is 119 cm³/mol. The van der Waals surface area contributed by atoms with Crippen molar-refractivity contribution in [1.29, 1.82) is 0 Å². The van der Waals surface area contributed by atoms with Crippen molar-refractivity contribution >= 4 is 27.0 Å². The van der Waals surface area contributed by atoms with E-state index >= 15 is 0 Å². The van der Waals surface area contributed by atoms with Gasteiger partial charge in [-0.1, -0.05) is 60.7 Å². The van der Waals surface area contributed by atoms with Gasteiger partial charge in [-0.05, 0) is 46.7 Å². The Hall–Kier alpha value is -3.71. The second-order valence-corrected chi connectivity index (χ2v) is 8.44. The molecule has 1 N–H and O–H groups in total. The number of hydrogen-bond donors (Lipinski definition) is 1. The third-order valence-corrected chi connectivity index (χ3v) is 5.90. The fourth-order valence-electron chi connectivity index (χ4n) is 3.09. The first-order valence-electron chi connectivity index (χ1n) is 9.52. The Morgan fingerprint density at radius 1 is 0.871 bits per heavy atom. The maximum absolute atomic E-state index is 13.1. The number of hydrazone groups is 1. The summed E-state index contributed by atoms with van der Waals surface area (Å²) in [6, 6.07) is 25.4. The SMILES string of the molecule is O=S(=O)(N/N=C/c1c(OCc2ccc(F)cc2)ccc2ccccc12)c1ccccc1. The lowest BCUT2D eigenvalue weighted by Gasteiger charge is -2.12. The topological polar surface area (TPSA) is 67.8 Å². The minimum atomic E-state index is -3.78. The molecule has 0 heterocycles. The van der Waals surface area contributed by atoms with Crippen LogP contribution in [0.25, 0.3) is 10.8 Å². The van der Waals surface area contributed by atoms with Crippen molar-refractivity contribution in [3.63, 3.8) is 0 Å². The summed E-state index contributed by atoms with van der Waals surface area (Å²) >= 11 is 0. The molecule has 5 nitrogen and oxygen atoms in total. The molecule has 31 heavy (non-hydrogen) atoms. The third-order valence-electron chi connectivity index (χ3n) is 4.66. The van der Waals surface area contributed by atoms with Crippen LogP contribution in [-0.2, 0) is 16.6 Å². The molecule has 4 rings (SSSR count). The van der Waals surface area contributed by atoms with Crippen LogP contribution in [0, 0.1) is 5.82 Å². The van der Waals surface area contributed by atoms with Crippen molar-refractivity contribution in [3.8, 4) is 5.75 Å². The summed E-state index contributed by atoms with van der Waals surface area (Å²) in [6.45, 7) is 0.231. The molecule has 0 amide bonds. The first-order chi connectivity index (χ1) is 15.0. The Labute approximate surface area is 179 Å². The molecule has 0 saturated carbocycles. The number of sulfonamides is 1. The van der Waals surface area contributed by atoms with Crippen LogP contribution in [0.2, 0.25) is 0 Å². The molecule has 0 aliphatic carbocycles. The highest BCUT2D eigenvalue weighted by Crippen LogP contribution is 2.27. The molecule has 4 aromatic rings. The third kappa shape index (κ3) is 4.90. The van der Waals surface area contributed by atoms with Crippen LogP contribution in [0.4, 0.5) is 4.39 Å². The lowest BCUT2D eigenvalue weighted by molar-refractivity contribution is 0.306. The van der Waals surface area contributed by atoms with Crippen LogP contribution in [0.5, 0.6) is 5.75 Å². The molecule has 156 valence electrons. The average molecular weight is 434 g/mol. The minimum Gasteiger partial charge on any atom is -0.488 e. The van der Waals surface area contributed by atoms with Gasteiger partial charge in [0.1, 0.15) is 18.2 Å². The largest absolute Gasteiger partial charge is 0.488 e. The zero-order chi connectivity index (χ0) is 21.7. The summed E-state index contributed by atoms with van der Waals surface area (Å²) < 4.78 is 43.9. The highest BCUT2D eigenvalue weighted by atomic mass is 32.2. The van der Waals surface area contributed by atoms with Gasteiger partial charge >= 0.3 is 0 Å². The van der Waals surface area contributed by atoms with Gasteiger partial charge in [0.05, 0.1) is 11.1 Å². The van der Waals surface area contributed by atoms with Crippen molar-refractivity contribution in [3.05, 3.63) is 108 Å². The fraction of sp³-hybridized carbons (Fsp3) is 0.0417. The van der Waals surface area contributed by atoms with Gasteiger partial charge in [0, 0.05) is 5.56 Å². The number of nitrogens with one attached hydrogen (secondary N) is 1. The number of nitrogens with zero attached hydrogens (tertiary/aromatic N) is 1. The molecule has 0 fully saturated rings. The van der Waals surface area contributed by atoms with Gasteiger partial charge in [0.2, 0.25) is 0 Å². The standard InChI is InChI=1S/C24H19FN2O3S/c25-20-13-10-18(11-14-20)17-30-24-15-12-19-6-4-5-9-22(19)23(24)16-26-27-31(28,29)21-7-2-1-3-8-21/h1-16,27H,17H2/b26-16+. The lowest BCUT2D eigenvalue weighted by Crippen LogP contribution is -2.18. The van der Waals surface area contributed by atoms with Crippen molar-refractivity contribution in [2.45, 2.75) is 11.5 Å². The Bertz CT molecular complexity index is 1320. The number of ether oxygens (including phenoxy) is 1. The van der Waals surface area contributed by atoms with Crippen LogP contribution in [0.1, 0.15) is 11.1 Å². The Morgan fingerprint density at radius 3 is 2.35 bits per heavy atom. The van der Waals surface area contributed by atoms with Gasteiger partial charge in [-0.3, -0.25) is 0 Å². The van der Waals surface area contributed by atoms with Gasteiger partial charge < -0.3 is 4.74 Å². The van der Waals surface area contributed by atoms with E-state index in [1.807, 2.05) is 30.3 Å². The maximum atomic E-state index is 13.1. The van der Waals surface area contributed by atoms with Crippen molar-refractivity contribution in [1.82, 2.24) is 4.83 Å². The van der Waals surface area contributed by atoms with Crippen LogP contribution in [-0.4, -0.2) is 14.6 Å². The molecular weight excluding hydrogens is 415 g/mol. The monoisotopic (exact) mass is 434 g/mol. The number of halogens is 1. The van der Waals surface area contributed by atoms with Crippen LogP contribution in [0.3, 0.4) is 0 Å². The summed E-state index contributed by atoms with van der Waals surface area (Å²) in [7, 11) is -3.78. The second kappa shape index (κ2) is 8.97. The molecule has 0 aliphatic rings. The van der Waals surface area contributed by atoms with Crippen molar-refractivity contribution < 1.29 is 17.5 Å². The molecule has 0 aromatic heterocycles. The smallest absolute Gasteiger partial charge is 0.276 e. The molecule has 0 unspecified atom stereocenters.